The summed E-state index contributed by atoms with van der Waals surface area (Å²) in [5.74, 6) is 0.526. The van der Waals surface area contributed by atoms with Crippen LogP contribution in [0, 0.1) is 5.41 Å². The lowest BCUT2D eigenvalue weighted by Crippen LogP contribution is -2.31. The third-order valence-corrected chi connectivity index (χ3v) is 4.83. The van der Waals surface area contributed by atoms with Gasteiger partial charge in [-0.15, -0.1) is 0 Å². The summed E-state index contributed by atoms with van der Waals surface area (Å²) in [4.78, 5) is 15.2. The monoisotopic (exact) mass is 375 g/mol. The van der Waals surface area contributed by atoms with E-state index in [4.69, 9.17) is 16.2 Å². The van der Waals surface area contributed by atoms with Crippen LogP contribution in [-0.2, 0) is 6.42 Å². The van der Waals surface area contributed by atoms with E-state index in [1.807, 2.05) is 42.5 Å². The maximum Gasteiger partial charge on any atom is 0.250 e. The number of nitrogens with zero attached hydrogens (tertiary/aromatic N) is 1. The number of nitrogens with two attached hydrogens (primary N) is 2. The van der Waals surface area contributed by atoms with Gasteiger partial charge in [0.25, 0.3) is 0 Å². The summed E-state index contributed by atoms with van der Waals surface area (Å²) < 4.78 is 5.73. The van der Waals surface area contributed by atoms with Gasteiger partial charge in [-0.3, -0.25) is 4.79 Å². The molecule has 1 heterocycles. The van der Waals surface area contributed by atoms with Crippen LogP contribution in [0.3, 0.4) is 0 Å². The summed E-state index contributed by atoms with van der Waals surface area (Å²) >= 11 is 0. The van der Waals surface area contributed by atoms with Crippen LogP contribution in [-0.4, -0.2) is 10.9 Å². The van der Waals surface area contributed by atoms with Gasteiger partial charge in [0.05, 0.1) is 5.56 Å². The highest BCUT2D eigenvalue weighted by molar-refractivity contribution is 5.92. The van der Waals surface area contributed by atoms with Crippen LogP contribution >= 0.6 is 0 Å². The van der Waals surface area contributed by atoms with Gasteiger partial charge in [0.1, 0.15) is 5.75 Å². The second-order valence-corrected chi connectivity index (χ2v) is 7.55. The zero-order valence-electron chi connectivity index (χ0n) is 16.1. The Balaban J connectivity index is 1.68. The van der Waals surface area contributed by atoms with E-state index >= 15 is 0 Å². The zero-order valence-corrected chi connectivity index (χ0v) is 16.1. The smallest absolute Gasteiger partial charge is 0.250 e. The fourth-order valence-electron chi connectivity index (χ4n) is 3.13. The van der Waals surface area contributed by atoms with Gasteiger partial charge >= 0.3 is 0 Å². The standard InChI is InChI=1S/C23H25N3O2/c1-23(2,14-16-6-4-3-5-7-16)21(24)17-8-11-19(12-9-17)28-20-13-10-18(15-26-20)22(25)27/h3-13,15,21H,14,24H2,1-2H3,(H2,25,27). The molecule has 0 aliphatic rings. The summed E-state index contributed by atoms with van der Waals surface area (Å²) in [5.41, 5.74) is 14.3. The van der Waals surface area contributed by atoms with Crippen molar-refractivity contribution >= 4 is 5.91 Å². The maximum atomic E-state index is 11.1. The summed E-state index contributed by atoms with van der Waals surface area (Å²) in [6.45, 7) is 4.36. The highest BCUT2D eigenvalue weighted by atomic mass is 16.5. The average molecular weight is 375 g/mol. The first-order chi connectivity index (χ1) is 13.3. The van der Waals surface area contributed by atoms with E-state index in [1.54, 1.807) is 12.1 Å². The van der Waals surface area contributed by atoms with Crippen molar-refractivity contribution < 1.29 is 9.53 Å². The molecule has 0 saturated heterocycles. The molecule has 3 rings (SSSR count). The molecule has 2 aromatic carbocycles. The van der Waals surface area contributed by atoms with Crippen LogP contribution in [0.5, 0.6) is 11.6 Å². The molecular weight excluding hydrogens is 350 g/mol. The molecule has 3 aromatic rings. The maximum absolute atomic E-state index is 11.1. The molecule has 0 bridgehead atoms. The lowest BCUT2D eigenvalue weighted by atomic mass is 9.76. The van der Waals surface area contributed by atoms with E-state index in [0.717, 1.165) is 12.0 Å². The van der Waals surface area contributed by atoms with E-state index < -0.39 is 5.91 Å². The van der Waals surface area contributed by atoms with Crippen molar-refractivity contribution in [3.05, 3.63) is 89.6 Å². The highest BCUT2D eigenvalue weighted by Gasteiger charge is 2.28. The number of aromatic nitrogens is 1. The fourth-order valence-corrected chi connectivity index (χ4v) is 3.13. The first kappa shape index (κ1) is 19.6. The number of hydrogen-bond donors (Lipinski definition) is 2. The number of benzene rings is 2. The van der Waals surface area contributed by atoms with Crippen LogP contribution in [0.15, 0.2) is 72.9 Å². The number of carbonyl (C=O) groups is 1. The van der Waals surface area contributed by atoms with Crippen LogP contribution in [0.4, 0.5) is 0 Å². The summed E-state index contributed by atoms with van der Waals surface area (Å²) in [5, 5.41) is 0. The Kier molecular flexibility index (Phi) is 5.76. The minimum Gasteiger partial charge on any atom is -0.439 e. The largest absolute Gasteiger partial charge is 0.439 e. The van der Waals surface area contributed by atoms with Crippen molar-refractivity contribution in [1.29, 1.82) is 0 Å². The number of carbonyl (C=O) groups excluding carboxylic acids is 1. The molecule has 1 amide bonds. The second-order valence-electron chi connectivity index (χ2n) is 7.55. The van der Waals surface area contributed by atoms with Crippen molar-refractivity contribution in [3.63, 3.8) is 0 Å². The van der Waals surface area contributed by atoms with E-state index in [1.165, 1.54) is 11.8 Å². The molecule has 5 heteroatoms. The Morgan fingerprint density at radius 3 is 2.29 bits per heavy atom. The number of hydrogen-bond acceptors (Lipinski definition) is 4. The van der Waals surface area contributed by atoms with Crippen LogP contribution in [0.2, 0.25) is 0 Å². The SMILES string of the molecule is CC(C)(Cc1ccccc1)C(N)c1ccc(Oc2ccc(C(N)=O)cn2)cc1. The first-order valence-electron chi connectivity index (χ1n) is 9.18. The van der Waals surface area contributed by atoms with Gasteiger partial charge in [-0.1, -0.05) is 56.3 Å². The molecule has 0 aliphatic heterocycles. The molecule has 1 aromatic heterocycles. The van der Waals surface area contributed by atoms with Crippen molar-refractivity contribution in [2.75, 3.05) is 0 Å². The quantitative estimate of drug-likeness (QED) is 0.646. The molecular formula is C23H25N3O2. The Morgan fingerprint density at radius 2 is 1.71 bits per heavy atom. The Bertz CT molecular complexity index is 920. The highest BCUT2D eigenvalue weighted by Crippen LogP contribution is 2.35. The topological polar surface area (TPSA) is 91.2 Å². The molecule has 5 nitrogen and oxygen atoms in total. The molecule has 1 atom stereocenters. The number of amides is 1. The average Bonchev–Trinajstić information content (AvgIpc) is 2.69. The summed E-state index contributed by atoms with van der Waals surface area (Å²) in [6, 6.07) is 21.2. The fraction of sp³-hybridized carbons (Fsp3) is 0.217. The predicted octanol–water partition coefficient (Wildman–Crippen LogP) is 4.24. The minimum absolute atomic E-state index is 0.101. The van der Waals surface area contributed by atoms with Crippen LogP contribution in [0.1, 0.15) is 41.4 Å². The van der Waals surface area contributed by atoms with Gasteiger partial charge < -0.3 is 16.2 Å². The minimum atomic E-state index is -0.518. The molecule has 4 N–H and O–H groups in total. The van der Waals surface area contributed by atoms with Gasteiger partial charge in [-0.05, 0) is 41.2 Å². The molecule has 28 heavy (non-hydrogen) atoms. The molecule has 0 fully saturated rings. The molecule has 0 saturated carbocycles. The first-order valence-corrected chi connectivity index (χ1v) is 9.18. The van der Waals surface area contributed by atoms with Gasteiger partial charge in [-0.25, -0.2) is 4.98 Å². The number of primary amides is 1. The Hall–Kier alpha value is -3.18. The van der Waals surface area contributed by atoms with Gasteiger partial charge in [0.15, 0.2) is 0 Å². The molecule has 1 unspecified atom stereocenters. The number of pyridine rings is 1. The van der Waals surface area contributed by atoms with E-state index in [9.17, 15) is 4.79 Å². The summed E-state index contributed by atoms with van der Waals surface area (Å²) in [6.07, 6.45) is 2.29. The third kappa shape index (κ3) is 4.75. The van der Waals surface area contributed by atoms with Crippen molar-refractivity contribution in [3.8, 4) is 11.6 Å². The number of ether oxygens (including phenoxy) is 1. The molecule has 0 radical (unpaired) electrons. The Morgan fingerprint density at radius 1 is 1.04 bits per heavy atom. The van der Waals surface area contributed by atoms with Crippen molar-refractivity contribution in [2.24, 2.45) is 16.9 Å². The van der Waals surface area contributed by atoms with E-state index in [2.05, 4.69) is 31.0 Å². The van der Waals surface area contributed by atoms with Crippen molar-refractivity contribution in [2.45, 2.75) is 26.3 Å². The van der Waals surface area contributed by atoms with E-state index in [-0.39, 0.29) is 11.5 Å². The van der Waals surface area contributed by atoms with Gasteiger partial charge in [0, 0.05) is 18.3 Å². The van der Waals surface area contributed by atoms with Crippen LogP contribution in [0.25, 0.3) is 0 Å². The lowest BCUT2D eigenvalue weighted by Gasteiger charge is -2.32. The third-order valence-electron chi connectivity index (χ3n) is 4.83. The van der Waals surface area contributed by atoms with Crippen LogP contribution < -0.4 is 16.2 Å². The van der Waals surface area contributed by atoms with E-state index in [0.29, 0.717) is 17.2 Å². The lowest BCUT2D eigenvalue weighted by molar-refractivity contribution is 0.1000. The second kappa shape index (κ2) is 8.23. The van der Waals surface area contributed by atoms with Crippen molar-refractivity contribution in [1.82, 2.24) is 4.98 Å². The van der Waals surface area contributed by atoms with Gasteiger partial charge in [0.2, 0.25) is 11.8 Å². The predicted molar refractivity (Wildman–Crippen MR) is 110 cm³/mol. The summed E-state index contributed by atoms with van der Waals surface area (Å²) in [7, 11) is 0. The van der Waals surface area contributed by atoms with Gasteiger partial charge in [-0.2, -0.15) is 0 Å². The molecule has 0 aliphatic carbocycles. The Labute approximate surface area is 165 Å². The number of rotatable bonds is 7. The normalized spacial score (nSPS) is 12.4. The zero-order chi connectivity index (χ0) is 20.1. The molecule has 0 spiro atoms. The molecule has 144 valence electrons.